The maximum absolute atomic E-state index is 12.0. The van der Waals surface area contributed by atoms with Gasteiger partial charge in [-0.15, -0.1) is 11.3 Å². The monoisotopic (exact) mass is 233 g/mol. The molecule has 1 heterocycles. The van der Waals surface area contributed by atoms with Crippen molar-refractivity contribution in [3.8, 4) is 0 Å². The number of nitrogens with one attached hydrogen (secondary N) is 1. The molecular formula is C13H15NOS. The fourth-order valence-corrected chi connectivity index (χ4v) is 2.55. The highest BCUT2D eigenvalue weighted by molar-refractivity contribution is 7.17. The average Bonchev–Trinajstić information content (AvgIpc) is 2.69. The van der Waals surface area contributed by atoms with Crippen LogP contribution in [0.3, 0.4) is 0 Å². The first-order valence-electron chi connectivity index (χ1n) is 5.41. The van der Waals surface area contributed by atoms with Gasteiger partial charge in [0.1, 0.15) is 0 Å². The first-order valence-corrected chi connectivity index (χ1v) is 6.29. The van der Waals surface area contributed by atoms with Crippen LogP contribution in [0.1, 0.15) is 24.2 Å². The number of Topliss-reactive ketones (excluding diaryl/α,β-unsaturated/α-hetero) is 1. The van der Waals surface area contributed by atoms with Crippen molar-refractivity contribution in [1.29, 1.82) is 0 Å². The molecule has 0 saturated carbocycles. The number of hydrogen-bond donors (Lipinski definition) is 1. The average molecular weight is 233 g/mol. The van der Waals surface area contributed by atoms with Crippen molar-refractivity contribution >= 4 is 27.2 Å². The lowest BCUT2D eigenvalue weighted by atomic mass is 10.1. The Morgan fingerprint density at radius 3 is 2.88 bits per heavy atom. The predicted molar refractivity (Wildman–Crippen MR) is 69.3 cm³/mol. The van der Waals surface area contributed by atoms with Crippen molar-refractivity contribution in [3.05, 3.63) is 35.2 Å². The second-order valence-electron chi connectivity index (χ2n) is 4.10. The van der Waals surface area contributed by atoms with E-state index in [1.807, 2.05) is 43.5 Å². The quantitative estimate of drug-likeness (QED) is 0.822. The number of ketones is 1. The highest BCUT2D eigenvalue weighted by atomic mass is 32.1. The molecule has 2 aromatic rings. The molecule has 1 aromatic heterocycles. The largest absolute Gasteiger partial charge is 0.307 e. The lowest BCUT2D eigenvalue weighted by Crippen LogP contribution is -2.29. The smallest absolute Gasteiger partial charge is 0.178 e. The van der Waals surface area contributed by atoms with Gasteiger partial charge in [-0.2, -0.15) is 0 Å². The van der Waals surface area contributed by atoms with E-state index in [0.717, 1.165) is 10.9 Å². The summed E-state index contributed by atoms with van der Waals surface area (Å²) >= 11 is 1.63. The van der Waals surface area contributed by atoms with Gasteiger partial charge in [0.15, 0.2) is 5.78 Å². The molecule has 0 fully saturated rings. The Hall–Kier alpha value is -1.19. The molecule has 84 valence electrons. The molecule has 0 saturated heterocycles. The third kappa shape index (κ3) is 2.31. The van der Waals surface area contributed by atoms with Crippen LogP contribution < -0.4 is 5.32 Å². The summed E-state index contributed by atoms with van der Waals surface area (Å²) in [7, 11) is 0. The van der Waals surface area contributed by atoms with E-state index in [0.29, 0.717) is 12.6 Å². The maximum Gasteiger partial charge on any atom is 0.178 e. The van der Waals surface area contributed by atoms with E-state index in [-0.39, 0.29) is 5.78 Å². The summed E-state index contributed by atoms with van der Waals surface area (Å²) in [6, 6.07) is 8.37. The van der Waals surface area contributed by atoms with E-state index < -0.39 is 0 Å². The summed E-state index contributed by atoms with van der Waals surface area (Å²) < 4.78 is 1.18. The molecule has 2 nitrogen and oxygen atoms in total. The van der Waals surface area contributed by atoms with E-state index in [1.165, 1.54) is 4.70 Å². The molecule has 0 bridgehead atoms. The van der Waals surface area contributed by atoms with Crippen molar-refractivity contribution < 1.29 is 4.79 Å². The van der Waals surface area contributed by atoms with Gasteiger partial charge in [0.25, 0.3) is 0 Å². The Morgan fingerprint density at radius 1 is 1.38 bits per heavy atom. The van der Waals surface area contributed by atoms with E-state index in [4.69, 9.17) is 0 Å². The molecule has 0 spiro atoms. The van der Waals surface area contributed by atoms with Crippen molar-refractivity contribution in [2.24, 2.45) is 0 Å². The van der Waals surface area contributed by atoms with Crippen molar-refractivity contribution in [2.75, 3.05) is 6.54 Å². The van der Waals surface area contributed by atoms with E-state index >= 15 is 0 Å². The number of fused-ring (bicyclic) bond motifs is 1. The standard InChI is InChI=1S/C13H15NOS/c1-9(2)14-7-12(15)11-8-16-13-6-4-3-5-10(11)13/h3-6,8-9,14H,7H2,1-2H3. The first kappa shape index (κ1) is 11.3. The van der Waals surface area contributed by atoms with Crippen molar-refractivity contribution in [3.63, 3.8) is 0 Å². The molecule has 0 aliphatic heterocycles. The van der Waals surface area contributed by atoms with Gasteiger partial charge in [0.2, 0.25) is 0 Å². The van der Waals surface area contributed by atoms with Gasteiger partial charge >= 0.3 is 0 Å². The molecule has 0 radical (unpaired) electrons. The number of thiophene rings is 1. The van der Waals surface area contributed by atoms with Gasteiger partial charge in [-0.1, -0.05) is 32.0 Å². The number of rotatable bonds is 4. The van der Waals surface area contributed by atoms with E-state index in [1.54, 1.807) is 11.3 Å². The minimum Gasteiger partial charge on any atom is -0.307 e. The summed E-state index contributed by atoms with van der Waals surface area (Å²) in [5, 5.41) is 6.18. The second kappa shape index (κ2) is 4.76. The Bertz CT molecular complexity index is 501. The SMILES string of the molecule is CC(C)NCC(=O)c1csc2ccccc12. The van der Waals surface area contributed by atoms with Gasteiger partial charge in [-0.3, -0.25) is 4.79 Å². The number of carbonyl (C=O) groups is 1. The molecule has 16 heavy (non-hydrogen) atoms. The minimum absolute atomic E-state index is 0.172. The highest BCUT2D eigenvalue weighted by Gasteiger charge is 2.11. The maximum atomic E-state index is 12.0. The molecule has 3 heteroatoms. The van der Waals surface area contributed by atoms with Crippen LogP contribution in [0.2, 0.25) is 0 Å². The fraction of sp³-hybridized carbons (Fsp3) is 0.308. The molecule has 2 rings (SSSR count). The Morgan fingerprint density at radius 2 is 2.12 bits per heavy atom. The van der Waals surface area contributed by atoms with Crippen LogP contribution in [0.15, 0.2) is 29.6 Å². The fourth-order valence-electron chi connectivity index (χ4n) is 1.59. The second-order valence-corrected chi connectivity index (χ2v) is 5.02. The van der Waals surface area contributed by atoms with Crippen molar-refractivity contribution in [1.82, 2.24) is 5.32 Å². The van der Waals surface area contributed by atoms with Crippen LogP contribution in [-0.2, 0) is 0 Å². The predicted octanol–water partition coefficient (Wildman–Crippen LogP) is 3.08. The van der Waals surface area contributed by atoms with Gasteiger partial charge in [0, 0.05) is 27.1 Å². The normalized spacial score (nSPS) is 11.2. The third-order valence-electron chi connectivity index (χ3n) is 2.45. The summed E-state index contributed by atoms with van der Waals surface area (Å²) in [6.45, 7) is 4.50. The van der Waals surface area contributed by atoms with Gasteiger partial charge in [-0.05, 0) is 6.07 Å². The summed E-state index contributed by atoms with van der Waals surface area (Å²) in [6.07, 6.45) is 0. The van der Waals surface area contributed by atoms with Gasteiger partial charge in [0.05, 0.1) is 6.54 Å². The minimum atomic E-state index is 0.172. The zero-order valence-corrected chi connectivity index (χ0v) is 10.3. The highest BCUT2D eigenvalue weighted by Crippen LogP contribution is 2.25. The van der Waals surface area contributed by atoms with Crippen LogP contribution in [0.4, 0.5) is 0 Å². The zero-order chi connectivity index (χ0) is 11.5. The summed E-state index contributed by atoms with van der Waals surface area (Å²) in [5.74, 6) is 0.172. The number of benzene rings is 1. The lowest BCUT2D eigenvalue weighted by Gasteiger charge is -2.06. The first-order chi connectivity index (χ1) is 7.68. The van der Waals surface area contributed by atoms with Gasteiger partial charge < -0.3 is 5.32 Å². The summed E-state index contributed by atoms with van der Waals surface area (Å²) in [5.41, 5.74) is 0.841. The molecular weight excluding hydrogens is 218 g/mol. The topological polar surface area (TPSA) is 29.1 Å². The van der Waals surface area contributed by atoms with Crippen LogP contribution in [0.5, 0.6) is 0 Å². The van der Waals surface area contributed by atoms with E-state index in [9.17, 15) is 4.79 Å². The lowest BCUT2D eigenvalue weighted by molar-refractivity contribution is 0.0990. The molecule has 0 atom stereocenters. The molecule has 1 aromatic carbocycles. The Kier molecular flexibility index (Phi) is 3.36. The van der Waals surface area contributed by atoms with Crippen LogP contribution in [-0.4, -0.2) is 18.4 Å². The third-order valence-corrected chi connectivity index (χ3v) is 3.42. The van der Waals surface area contributed by atoms with Crippen LogP contribution >= 0.6 is 11.3 Å². The van der Waals surface area contributed by atoms with Gasteiger partial charge in [-0.25, -0.2) is 0 Å². The Labute approximate surface area is 99.3 Å². The molecule has 1 N–H and O–H groups in total. The molecule has 0 amide bonds. The molecule has 0 unspecified atom stereocenters. The van der Waals surface area contributed by atoms with E-state index in [2.05, 4.69) is 5.32 Å². The summed E-state index contributed by atoms with van der Waals surface area (Å²) in [4.78, 5) is 12.0. The van der Waals surface area contributed by atoms with Crippen molar-refractivity contribution in [2.45, 2.75) is 19.9 Å². The van der Waals surface area contributed by atoms with Crippen LogP contribution in [0, 0.1) is 0 Å². The zero-order valence-electron chi connectivity index (χ0n) is 9.49. The number of hydrogen-bond acceptors (Lipinski definition) is 3. The Balaban J connectivity index is 2.23. The molecule has 0 aliphatic carbocycles. The van der Waals surface area contributed by atoms with Crippen LogP contribution in [0.25, 0.3) is 10.1 Å². The molecule has 0 aliphatic rings. The number of carbonyl (C=O) groups excluding carboxylic acids is 1.